The number of ether oxygens (including phenoxy) is 2. The maximum absolute atomic E-state index is 11.5. The summed E-state index contributed by atoms with van der Waals surface area (Å²) in [5, 5.41) is 11.1. The molecule has 1 aromatic rings. The first-order valence-corrected chi connectivity index (χ1v) is 6.38. The van der Waals surface area contributed by atoms with E-state index in [9.17, 15) is 14.4 Å². The zero-order chi connectivity index (χ0) is 15.7. The molecule has 0 saturated carbocycles. The highest BCUT2D eigenvalue weighted by Crippen LogP contribution is 2.02. The van der Waals surface area contributed by atoms with Gasteiger partial charge in [0.05, 0.1) is 13.0 Å². The quantitative estimate of drug-likeness (QED) is 0.735. The number of aliphatic carboxylic acids is 1. The first-order valence-electron chi connectivity index (χ1n) is 6.38. The van der Waals surface area contributed by atoms with Crippen LogP contribution in [0.25, 0.3) is 0 Å². The van der Waals surface area contributed by atoms with Crippen LogP contribution in [0.5, 0.6) is 0 Å². The van der Waals surface area contributed by atoms with Gasteiger partial charge in [0, 0.05) is 0 Å². The van der Waals surface area contributed by atoms with Crippen LogP contribution in [0.4, 0.5) is 4.79 Å². The van der Waals surface area contributed by atoms with Gasteiger partial charge >= 0.3 is 18.0 Å². The average molecular weight is 295 g/mol. The van der Waals surface area contributed by atoms with Crippen molar-refractivity contribution in [2.45, 2.75) is 26.0 Å². The molecule has 0 saturated heterocycles. The maximum atomic E-state index is 11.5. The molecule has 0 aliphatic carbocycles. The van der Waals surface area contributed by atoms with Gasteiger partial charge in [-0.15, -0.1) is 0 Å². The SMILES string of the molecule is CCOC(=O)CC(NC(=O)OCc1ccccc1)C(=O)O. The van der Waals surface area contributed by atoms with Gasteiger partial charge in [0.25, 0.3) is 0 Å². The van der Waals surface area contributed by atoms with E-state index in [2.05, 4.69) is 10.1 Å². The minimum Gasteiger partial charge on any atom is -0.480 e. The molecule has 0 aromatic heterocycles. The number of alkyl carbamates (subject to hydrolysis) is 1. The fourth-order valence-corrected chi connectivity index (χ4v) is 1.49. The van der Waals surface area contributed by atoms with Crippen molar-refractivity contribution >= 4 is 18.0 Å². The summed E-state index contributed by atoms with van der Waals surface area (Å²) in [5.74, 6) is -2.03. The minimum atomic E-state index is -1.38. The van der Waals surface area contributed by atoms with E-state index in [0.717, 1.165) is 5.56 Å². The number of benzene rings is 1. The molecule has 0 aliphatic heterocycles. The fraction of sp³-hybridized carbons (Fsp3) is 0.357. The average Bonchev–Trinajstić information content (AvgIpc) is 2.45. The van der Waals surface area contributed by atoms with Crippen LogP contribution in [0.15, 0.2) is 30.3 Å². The lowest BCUT2D eigenvalue weighted by Gasteiger charge is -2.13. The van der Waals surface area contributed by atoms with Crippen LogP contribution in [0.3, 0.4) is 0 Å². The van der Waals surface area contributed by atoms with Gasteiger partial charge in [-0.05, 0) is 12.5 Å². The first kappa shape index (κ1) is 16.5. The minimum absolute atomic E-state index is 0.0123. The summed E-state index contributed by atoms with van der Waals surface area (Å²) in [7, 11) is 0. The van der Waals surface area contributed by atoms with Crippen molar-refractivity contribution in [1.29, 1.82) is 0 Å². The molecule has 1 unspecified atom stereocenters. The highest BCUT2D eigenvalue weighted by Gasteiger charge is 2.24. The lowest BCUT2D eigenvalue weighted by molar-refractivity contribution is -0.149. The van der Waals surface area contributed by atoms with Crippen LogP contribution >= 0.6 is 0 Å². The Balaban J connectivity index is 2.45. The lowest BCUT2D eigenvalue weighted by atomic mass is 10.2. The number of rotatable bonds is 7. The largest absolute Gasteiger partial charge is 0.480 e. The van der Waals surface area contributed by atoms with E-state index in [-0.39, 0.29) is 13.2 Å². The molecule has 114 valence electrons. The third kappa shape index (κ3) is 6.42. The molecule has 1 rings (SSSR count). The number of hydrogen-bond donors (Lipinski definition) is 2. The van der Waals surface area contributed by atoms with Gasteiger partial charge in [-0.2, -0.15) is 0 Å². The molecule has 0 bridgehead atoms. The molecule has 0 aliphatic rings. The molecule has 7 heteroatoms. The Morgan fingerprint density at radius 3 is 2.43 bits per heavy atom. The molecule has 1 amide bonds. The Labute approximate surface area is 121 Å². The number of nitrogens with one attached hydrogen (secondary N) is 1. The Kier molecular flexibility index (Phi) is 6.73. The van der Waals surface area contributed by atoms with E-state index < -0.39 is 30.5 Å². The van der Waals surface area contributed by atoms with Gasteiger partial charge in [-0.3, -0.25) is 4.79 Å². The predicted molar refractivity (Wildman–Crippen MR) is 72.4 cm³/mol. The second kappa shape index (κ2) is 8.57. The van der Waals surface area contributed by atoms with Gasteiger partial charge < -0.3 is 19.9 Å². The van der Waals surface area contributed by atoms with Crippen molar-refractivity contribution < 1.29 is 29.0 Å². The number of esters is 1. The Morgan fingerprint density at radius 2 is 1.86 bits per heavy atom. The standard InChI is InChI=1S/C14H17NO6/c1-2-20-12(16)8-11(13(17)18)15-14(19)21-9-10-6-4-3-5-7-10/h3-7,11H,2,8-9H2,1H3,(H,15,19)(H,17,18). The number of amides is 1. The molecule has 2 N–H and O–H groups in total. The van der Waals surface area contributed by atoms with Gasteiger partial charge in [0.1, 0.15) is 12.6 Å². The molecule has 7 nitrogen and oxygen atoms in total. The molecular weight excluding hydrogens is 278 g/mol. The molecular formula is C14H17NO6. The number of carboxylic acids is 1. The summed E-state index contributed by atoms with van der Waals surface area (Å²) in [6.45, 7) is 1.76. The molecule has 0 heterocycles. The molecule has 1 atom stereocenters. The summed E-state index contributed by atoms with van der Waals surface area (Å²) < 4.78 is 9.52. The Morgan fingerprint density at radius 1 is 1.19 bits per heavy atom. The summed E-state index contributed by atoms with van der Waals surface area (Å²) in [5.41, 5.74) is 0.768. The molecule has 1 aromatic carbocycles. The van der Waals surface area contributed by atoms with Crippen molar-refractivity contribution in [2.24, 2.45) is 0 Å². The van der Waals surface area contributed by atoms with Crippen molar-refractivity contribution in [3.05, 3.63) is 35.9 Å². The number of carbonyl (C=O) groups excluding carboxylic acids is 2. The smallest absolute Gasteiger partial charge is 0.408 e. The van der Waals surface area contributed by atoms with Gasteiger partial charge in [0.15, 0.2) is 0 Å². The van der Waals surface area contributed by atoms with Gasteiger partial charge in [-0.1, -0.05) is 30.3 Å². The molecule has 0 spiro atoms. The van der Waals surface area contributed by atoms with E-state index in [1.165, 1.54) is 0 Å². The predicted octanol–water partition coefficient (Wildman–Crippen LogP) is 1.32. The summed E-state index contributed by atoms with van der Waals surface area (Å²) >= 11 is 0. The normalized spacial score (nSPS) is 11.3. The second-order valence-electron chi connectivity index (χ2n) is 4.11. The van der Waals surface area contributed by atoms with Crippen molar-refractivity contribution in [1.82, 2.24) is 5.32 Å². The van der Waals surface area contributed by atoms with Crippen LogP contribution in [-0.4, -0.2) is 35.8 Å². The van der Waals surface area contributed by atoms with Crippen molar-refractivity contribution in [2.75, 3.05) is 6.61 Å². The monoisotopic (exact) mass is 295 g/mol. The first-order chi connectivity index (χ1) is 10.0. The van der Waals surface area contributed by atoms with Crippen LogP contribution < -0.4 is 5.32 Å². The zero-order valence-corrected chi connectivity index (χ0v) is 11.6. The van der Waals surface area contributed by atoms with E-state index in [1.54, 1.807) is 31.2 Å². The summed E-state index contributed by atoms with van der Waals surface area (Å²) in [6, 6.07) is 7.55. The maximum Gasteiger partial charge on any atom is 0.408 e. The van der Waals surface area contributed by atoms with E-state index in [4.69, 9.17) is 9.84 Å². The number of carbonyl (C=O) groups is 3. The van der Waals surface area contributed by atoms with Gasteiger partial charge in [0.2, 0.25) is 0 Å². The van der Waals surface area contributed by atoms with Gasteiger partial charge in [-0.25, -0.2) is 9.59 Å². The third-order valence-electron chi connectivity index (χ3n) is 2.48. The van der Waals surface area contributed by atoms with Crippen LogP contribution in [0.1, 0.15) is 18.9 Å². The lowest BCUT2D eigenvalue weighted by Crippen LogP contribution is -2.42. The van der Waals surface area contributed by atoms with E-state index in [1.807, 2.05) is 6.07 Å². The number of carboxylic acid groups (broad SMARTS) is 1. The number of hydrogen-bond acceptors (Lipinski definition) is 5. The van der Waals surface area contributed by atoms with Crippen LogP contribution in [-0.2, 0) is 25.7 Å². The molecule has 0 fully saturated rings. The molecule has 0 radical (unpaired) electrons. The Bertz CT molecular complexity index is 487. The van der Waals surface area contributed by atoms with E-state index >= 15 is 0 Å². The topological polar surface area (TPSA) is 102 Å². The second-order valence-corrected chi connectivity index (χ2v) is 4.11. The molecule has 21 heavy (non-hydrogen) atoms. The zero-order valence-electron chi connectivity index (χ0n) is 11.6. The highest BCUT2D eigenvalue weighted by atomic mass is 16.5. The fourth-order valence-electron chi connectivity index (χ4n) is 1.49. The highest BCUT2D eigenvalue weighted by molar-refractivity contribution is 5.85. The van der Waals surface area contributed by atoms with E-state index in [0.29, 0.717) is 0 Å². The van der Waals surface area contributed by atoms with Crippen LogP contribution in [0, 0.1) is 0 Å². The van der Waals surface area contributed by atoms with Crippen molar-refractivity contribution in [3.63, 3.8) is 0 Å². The Hall–Kier alpha value is -2.57. The summed E-state index contributed by atoms with van der Waals surface area (Å²) in [6.07, 6.45) is -1.36. The van der Waals surface area contributed by atoms with Crippen molar-refractivity contribution in [3.8, 4) is 0 Å². The summed E-state index contributed by atoms with van der Waals surface area (Å²) in [4.78, 5) is 33.7. The third-order valence-corrected chi connectivity index (χ3v) is 2.48. The van der Waals surface area contributed by atoms with Crippen LogP contribution in [0.2, 0.25) is 0 Å².